The molecule has 4 nitrogen and oxygen atoms in total. The average Bonchev–Trinajstić information content (AvgIpc) is 3.13. The first-order valence-electron chi connectivity index (χ1n) is 8.97. The first-order chi connectivity index (χ1) is 13.0. The van der Waals surface area contributed by atoms with Gasteiger partial charge < -0.3 is 14.1 Å². The van der Waals surface area contributed by atoms with Crippen LogP contribution in [0.2, 0.25) is 0 Å². The zero-order chi connectivity index (χ0) is 18.7. The molecule has 0 spiro atoms. The van der Waals surface area contributed by atoms with Gasteiger partial charge in [-0.3, -0.25) is 0 Å². The van der Waals surface area contributed by atoms with Crippen LogP contribution in [0.3, 0.4) is 0 Å². The summed E-state index contributed by atoms with van der Waals surface area (Å²) in [6.45, 7) is 2.70. The van der Waals surface area contributed by atoms with E-state index in [4.69, 9.17) is 9.15 Å². The fraction of sp³-hybridized carbons (Fsp3) is 0.286. The van der Waals surface area contributed by atoms with Crippen molar-refractivity contribution in [3.63, 3.8) is 0 Å². The second-order valence-corrected chi connectivity index (χ2v) is 8.05. The van der Waals surface area contributed by atoms with Crippen LogP contribution in [0.25, 0.3) is 11.0 Å². The summed E-state index contributed by atoms with van der Waals surface area (Å²) in [4.78, 5) is 14.2. The number of fused-ring (bicyclic) bond motifs is 4. The molecule has 2 heterocycles. The number of hydrogen-bond acceptors (Lipinski definition) is 4. The van der Waals surface area contributed by atoms with Crippen molar-refractivity contribution in [3.8, 4) is 5.75 Å². The van der Waals surface area contributed by atoms with Gasteiger partial charge in [-0.05, 0) is 56.0 Å². The zero-order valence-electron chi connectivity index (χ0n) is 14.8. The van der Waals surface area contributed by atoms with E-state index in [1.54, 1.807) is 6.07 Å². The molecule has 0 saturated heterocycles. The number of halogens is 2. The molecule has 0 saturated carbocycles. The van der Waals surface area contributed by atoms with Crippen LogP contribution in [0.5, 0.6) is 5.75 Å². The highest BCUT2D eigenvalue weighted by molar-refractivity contribution is 9.10. The molecule has 0 unspecified atom stereocenters. The third-order valence-corrected chi connectivity index (χ3v) is 5.99. The lowest BCUT2D eigenvalue weighted by atomic mass is 9.99. The van der Waals surface area contributed by atoms with Crippen molar-refractivity contribution >= 4 is 32.6 Å². The van der Waals surface area contributed by atoms with Crippen LogP contribution in [0.15, 0.2) is 37.9 Å². The van der Waals surface area contributed by atoms with Gasteiger partial charge in [0.05, 0.1) is 5.69 Å². The van der Waals surface area contributed by atoms with Crippen LogP contribution >= 0.6 is 15.9 Å². The van der Waals surface area contributed by atoms with Gasteiger partial charge in [-0.2, -0.15) is 0 Å². The van der Waals surface area contributed by atoms with E-state index in [2.05, 4.69) is 15.9 Å². The van der Waals surface area contributed by atoms with Crippen molar-refractivity contribution in [2.75, 3.05) is 11.6 Å². The first kappa shape index (κ1) is 16.8. The van der Waals surface area contributed by atoms with E-state index in [-0.39, 0.29) is 18.2 Å². The highest BCUT2D eigenvalue weighted by Gasteiger charge is 2.27. The lowest BCUT2D eigenvalue weighted by Gasteiger charge is -2.32. The molecule has 2 aliphatic rings. The van der Waals surface area contributed by atoms with Gasteiger partial charge in [-0.15, -0.1) is 0 Å². The molecule has 0 bridgehead atoms. The molecule has 0 amide bonds. The zero-order valence-corrected chi connectivity index (χ0v) is 16.4. The van der Waals surface area contributed by atoms with E-state index in [1.807, 2.05) is 24.0 Å². The van der Waals surface area contributed by atoms with E-state index >= 15 is 0 Å². The molecule has 1 aliphatic heterocycles. The number of anilines is 1. The van der Waals surface area contributed by atoms with Crippen molar-refractivity contribution in [1.82, 2.24) is 0 Å². The van der Waals surface area contributed by atoms with Gasteiger partial charge in [0.25, 0.3) is 0 Å². The van der Waals surface area contributed by atoms with Crippen LogP contribution in [0.4, 0.5) is 10.1 Å². The third-order valence-electron chi connectivity index (χ3n) is 5.50. The van der Waals surface area contributed by atoms with Gasteiger partial charge in [0, 0.05) is 33.1 Å². The number of ether oxygens (including phenoxy) is 1. The number of nitrogens with zero attached hydrogens (tertiary/aromatic N) is 1. The molecule has 27 heavy (non-hydrogen) atoms. The predicted molar refractivity (Wildman–Crippen MR) is 105 cm³/mol. The second-order valence-electron chi connectivity index (χ2n) is 7.13. The molecule has 0 fully saturated rings. The topological polar surface area (TPSA) is 42.7 Å². The molecule has 0 N–H and O–H groups in total. The SMILES string of the molecule is Cc1c2c(cc3c4c(c(=O)oc13)CCC4)CN(c1ccc(Br)cc1F)CO2. The summed E-state index contributed by atoms with van der Waals surface area (Å²) in [5.74, 6) is 0.443. The number of benzene rings is 2. The fourth-order valence-corrected chi connectivity index (χ4v) is 4.57. The second kappa shape index (κ2) is 6.09. The van der Waals surface area contributed by atoms with Crippen LogP contribution in [0.1, 0.15) is 28.7 Å². The number of rotatable bonds is 1. The Labute approximate surface area is 163 Å². The Balaban J connectivity index is 1.64. The lowest BCUT2D eigenvalue weighted by Crippen LogP contribution is -2.33. The molecular formula is C21H17BrFNO3. The molecular weight excluding hydrogens is 413 g/mol. The summed E-state index contributed by atoms with van der Waals surface area (Å²) in [5, 5.41) is 0.986. The largest absolute Gasteiger partial charge is 0.472 e. The Hall–Kier alpha value is -2.34. The standard InChI is InChI=1S/C21H17BrFNO3/c1-11-19-12(7-16-14-3-2-4-15(14)21(25)27-20(11)16)9-24(10-26-19)18-6-5-13(22)8-17(18)23/h5-8H,2-4,9-10H2,1H3. The van der Waals surface area contributed by atoms with Gasteiger partial charge >= 0.3 is 5.63 Å². The van der Waals surface area contributed by atoms with Crippen LogP contribution in [0, 0.1) is 12.7 Å². The van der Waals surface area contributed by atoms with Crippen molar-refractivity contribution in [1.29, 1.82) is 0 Å². The predicted octanol–water partition coefficient (Wildman–Crippen LogP) is 4.85. The van der Waals surface area contributed by atoms with Gasteiger partial charge in [-0.1, -0.05) is 15.9 Å². The molecule has 6 heteroatoms. The van der Waals surface area contributed by atoms with E-state index in [0.29, 0.717) is 22.3 Å². The molecule has 2 aromatic carbocycles. The maximum atomic E-state index is 14.4. The van der Waals surface area contributed by atoms with E-state index in [0.717, 1.165) is 52.7 Å². The summed E-state index contributed by atoms with van der Waals surface area (Å²) < 4.78 is 26.7. The summed E-state index contributed by atoms with van der Waals surface area (Å²) in [6, 6.07) is 7.07. The maximum absolute atomic E-state index is 14.4. The lowest BCUT2D eigenvalue weighted by molar-refractivity contribution is 0.286. The van der Waals surface area contributed by atoms with Crippen molar-refractivity contribution in [2.24, 2.45) is 0 Å². The van der Waals surface area contributed by atoms with Crippen LogP contribution in [-0.4, -0.2) is 6.73 Å². The smallest absolute Gasteiger partial charge is 0.339 e. The van der Waals surface area contributed by atoms with Crippen LogP contribution in [-0.2, 0) is 19.4 Å². The van der Waals surface area contributed by atoms with E-state index in [9.17, 15) is 9.18 Å². The summed E-state index contributed by atoms with van der Waals surface area (Å²) in [7, 11) is 0. The summed E-state index contributed by atoms with van der Waals surface area (Å²) in [5.41, 5.74) is 4.61. The highest BCUT2D eigenvalue weighted by atomic mass is 79.9. The quantitative estimate of drug-likeness (QED) is 0.518. The van der Waals surface area contributed by atoms with Gasteiger partial charge in [0.15, 0.2) is 6.73 Å². The Morgan fingerprint density at radius 1 is 1.19 bits per heavy atom. The Morgan fingerprint density at radius 2 is 2.00 bits per heavy atom. The normalized spacial score (nSPS) is 15.6. The minimum Gasteiger partial charge on any atom is -0.472 e. The first-order valence-corrected chi connectivity index (χ1v) is 9.76. The highest BCUT2D eigenvalue weighted by Crippen LogP contribution is 2.39. The molecule has 1 aromatic heterocycles. The Morgan fingerprint density at radius 3 is 2.81 bits per heavy atom. The molecule has 0 atom stereocenters. The molecule has 5 rings (SSSR count). The summed E-state index contributed by atoms with van der Waals surface area (Å²) in [6.07, 6.45) is 2.64. The molecule has 3 aromatic rings. The monoisotopic (exact) mass is 429 g/mol. The molecule has 138 valence electrons. The van der Waals surface area contributed by atoms with Crippen molar-refractivity contribution in [2.45, 2.75) is 32.7 Å². The van der Waals surface area contributed by atoms with Crippen LogP contribution < -0.4 is 15.3 Å². The van der Waals surface area contributed by atoms with Gasteiger partial charge in [0.1, 0.15) is 17.1 Å². The van der Waals surface area contributed by atoms with Crippen molar-refractivity contribution < 1.29 is 13.5 Å². The number of hydrogen-bond donors (Lipinski definition) is 0. The van der Waals surface area contributed by atoms with Gasteiger partial charge in [-0.25, -0.2) is 9.18 Å². The Bertz CT molecular complexity index is 1150. The van der Waals surface area contributed by atoms with Gasteiger partial charge in [0.2, 0.25) is 0 Å². The Kier molecular flexibility index (Phi) is 3.79. The molecule has 0 radical (unpaired) electrons. The minimum absolute atomic E-state index is 0.229. The minimum atomic E-state index is -0.291. The molecule has 1 aliphatic carbocycles. The summed E-state index contributed by atoms with van der Waals surface area (Å²) >= 11 is 3.29. The van der Waals surface area contributed by atoms with Crippen molar-refractivity contribution in [3.05, 3.63) is 67.2 Å². The maximum Gasteiger partial charge on any atom is 0.339 e. The average molecular weight is 430 g/mol. The third kappa shape index (κ3) is 2.57. The number of aryl methyl sites for hydroxylation is 2. The van der Waals surface area contributed by atoms with E-state index in [1.165, 1.54) is 6.07 Å². The fourth-order valence-electron chi connectivity index (χ4n) is 4.23. The van der Waals surface area contributed by atoms with E-state index < -0.39 is 0 Å².